The van der Waals surface area contributed by atoms with Crippen molar-refractivity contribution in [2.75, 3.05) is 7.11 Å². The van der Waals surface area contributed by atoms with Crippen molar-refractivity contribution in [1.29, 1.82) is 0 Å². The first-order valence-electron chi connectivity index (χ1n) is 8.56. The van der Waals surface area contributed by atoms with Crippen molar-refractivity contribution in [3.8, 4) is 11.4 Å². The second-order valence-corrected chi connectivity index (χ2v) is 6.11. The summed E-state index contributed by atoms with van der Waals surface area (Å²) in [5.41, 5.74) is 1.44. The molecule has 27 heavy (non-hydrogen) atoms. The zero-order chi connectivity index (χ0) is 18.8. The van der Waals surface area contributed by atoms with Crippen molar-refractivity contribution in [2.24, 2.45) is 0 Å². The van der Waals surface area contributed by atoms with Gasteiger partial charge < -0.3 is 9.72 Å². The average Bonchev–Trinajstić information content (AvgIpc) is 3.18. The normalized spacial score (nSPS) is 11.0. The molecular weight excluding hydrogens is 344 g/mol. The fourth-order valence-electron chi connectivity index (χ4n) is 3.11. The Kier molecular flexibility index (Phi) is 4.33. The number of aromatic amines is 1. The highest BCUT2D eigenvalue weighted by Crippen LogP contribution is 2.17. The molecule has 0 aliphatic carbocycles. The van der Waals surface area contributed by atoms with E-state index in [1.165, 1.54) is 15.5 Å². The third-order valence-electron chi connectivity index (χ3n) is 4.49. The predicted octanol–water partition coefficient (Wildman–Crippen LogP) is 2.13. The number of aromatic nitrogens is 4. The number of aryl methyl sites for hydroxylation is 1. The summed E-state index contributed by atoms with van der Waals surface area (Å²) >= 11 is 0. The number of hydrogen-bond donors (Lipinski definition) is 1. The van der Waals surface area contributed by atoms with Crippen LogP contribution in [0.1, 0.15) is 5.56 Å². The molecule has 7 nitrogen and oxygen atoms in total. The molecule has 2 heterocycles. The van der Waals surface area contributed by atoms with Crippen molar-refractivity contribution in [2.45, 2.75) is 13.0 Å². The molecule has 0 unspecified atom stereocenters. The van der Waals surface area contributed by atoms with Gasteiger partial charge in [-0.15, -0.1) is 0 Å². The first-order chi connectivity index (χ1) is 13.2. The van der Waals surface area contributed by atoms with Gasteiger partial charge in [-0.05, 0) is 24.1 Å². The molecule has 0 radical (unpaired) electrons. The van der Waals surface area contributed by atoms with Crippen molar-refractivity contribution in [1.82, 2.24) is 19.1 Å². The molecule has 0 atom stereocenters. The van der Waals surface area contributed by atoms with E-state index in [0.29, 0.717) is 29.0 Å². The van der Waals surface area contributed by atoms with Crippen LogP contribution in [0, 0.1) is 0 Å². The highest BCUT2D eigenvalue weighted by molar-refractivity contribution is 5.71. The van der Waals surface area contributed by atoms with Gasteiger partial charge in [-0.3, -0.25) is 9.36 Å². The van der Waals surface area contributed by atoms with Crippen LogP contribution in [0.25, 0.3) is 16.9 Å². The molecule has 0 aliphatic heterocycles. The van der Waals surface area contributed by atoms with Gasteiger partial charge in [0.2, 0.25) is 0 Å². The van der Waals surface area contributed by atoms with E-state index >= 15 is 0 Å². The second-order valence-electron chi connectivity index (χ2n) is 6.11. The minimum atomic E-state index is -0.427. The van der Waals surface area contributed by atoms with Gasteiger partial charge in [0.25, 0.3) is 5.56 Å². The molecule has 0 aliphatic rings. The largest absolute Gasteiger partial charge is 0.497 e. The predicted molar refractivity (Wildman–Crippen MR) is 103 cm³/mol. The highest BCUT2D eigenvalue weighted by atomic mass is 16.5. The number of hydrogen-bond acceptors (Lipinski definition) is 4. The molecule has 7 heteroatoms. The molecule has 0 amide bonds. The molecular formula is C20H18N4O3. The maximum atomic E-state index is 13.2. The summed E-state index contributed by atoms with van der Waals surface area (Å²) in [6.07, 6.45) is 2.00. The number of methoxy groups -OCH3 is 1. The van der Waals surface area contributed by atoms with E-state index in [-0.39, 0.29) is 12.1 Å². The number of H-pyrrole nitrogens is 1. The minimum absolute atomic E-state index is 0.278. The lowest BCUT2D eigenvalue weighted by Crippen LogP contribution is -2.40. The van der Waals surface area contributed by atoms with Crippen molar-refractivity contribution in [3.63, 3.8) is 0 Å². The molecule has 2 aromatic carbocycles. The summed E-state index contributed by atoms with van der Waals surface area (Å²) in [4.78, 5) is 33.0. The Morgan fingerprint density at radius 3 is 2.67 bits per heavy atom. The van der Waals surface area contributed by atoms with Crippen molar-refractivity contribution in [3.05, 3.63) is 87.3 Å². The Bertz CT molecular complexity index is 1210. The molecule has 4 aromatic rings. The molecule has 1 N–H and O–H groups in total. The van der Waals surface area contributed by atoms with Gasteiger partial charge in [-0.25, -0.2) is 14.3 Å². The van der Waals surface area contributed by atoms with Crippen LogP contribution in [0.3, 0.4) is 0 Å². The Morgan fingerprint density at radius 2 is 1.89 bits per heavy atom. The molecule has 0 saturated heterocycles. The van der Waals surface area contributed by atoms with Crippen LogP contribution in [0.5, 0.6) is 5.75 Å². The number of rotatable bonds is 5. The Morgan fingerprint density at radius 1 is 1.07 bits per heavy atom. The smallest absolute Gasteiger partial charge is 0.337 e. The lowest BCUT2D eigenvalue weighted by atomic mass is 10.1. The molecule has 0 saturated carbocycles. The molecule has 0 bridgehead atoms. The number of imidazole rings is 1. The van der Waals surface area contributed by atoms with Crippen LogP contribution in [0.2, 0.25) is 0 Å². The van der Waals surface area contributed by atoms with E-state index < -0.39 is 5.69 Å². The molecule has 2 aromatic heterocycles. The minimum Gasteiger partial charge on any atom is -0.497 e. The lowest BCUT2D eigenvalue weighted by Gasteiger charge is -2.12. The Balaban J connectivity index is 1.87. The van der Waals surface area contributed by atoms with E-state index in [2.05, 4.69) is 9.97 Å². The van der Waals surface area contributed by atoms with E-state index in [4.69, 9.17) is 4.74 Å². The second kappa shape index (κ2) is 6.95. The monoisotopic (exact) mass is 362 g/mol. The van der Waals surface area contributed by atoms with Crippen molar-refractivity contribution >= 4 is 11.2 Å². The zero-order valence-corrected chi connectivity index (χ0v) is 14.8. The topological polar surface area (TPSA) is 81.9 Å². The summed E-state index contributed by atoms with van der Waals surface area (Å²) in [7, 11) is 1.56. The quantitative estimate of drug-likeness (QED) is 0.590. The van der Waals surface area contributed by atoms with Crippen LogP contribution in [-0.2, 0) is 13.0 Å². The number of nitrogens with one attached hydrogen (secondary N) is 1. The first kappa shape index (κ1) is 16.8. The number of ether oxygens (including phenoxy) is 1. The highest BCUT2D eigenvalue weighted by Gasteiger charge is 2.16. The van der Waals surface area contributed by atoms with E-state index in [1.807, 2.05) is 30.3 Å². The fourth-order valence-corrected chi connectivity index (χ4v) is 3.11. The van der Waals surface area contributed by atoms with E-state index in [9.17, 15) is 9.59 Å². The van der Waals surface area contributed by atoms with Crippen LogP contribution >= 0.6 is 0 Å². The maximum Gasteiger partial charge on any atom is 0.337 e. The van der Waals surface area contributed by atoms with E-state index in [1.54, 1.807) is 31.4 Å². The third-order valence-corrected chi connectivity index (χ3v) is 4.49. The average molecular weight is 362 g/mol. The number of benzene rings is 2. The standard InChI is InChI=1S/C20H18N4O3/c1-27-16-9-5-8-15(12-16)24-18-17(21-13-22-18)19(25)23(20(24)26)11-10-14-6-3-2-4-7-14/h2-9,12-13H,10-11H2,1H3,(H,21,22). The van der Waals surface area contributed by atoms with Crippen LogP contribution in [0.15, 0.2) is 70.5 Å². The van der Waals surface area contributed by atoms with Crippen LogP contribution in [-0.4, -0.2) is 26.2 Å². The summed E-state index contributed by atoms with van der Waals surface area (Å²) in [6, 6.07) is 16.9. The zero-order valence-electron chi connectivity index (χ0n) is 14.8. The molecule has 0 spiro atoms. The molecule has 136 valence electrons. The van der Waals surface area contributed by atoms with Gasteiger partial charge in [-0.1, -0.05) is 36.4 Å². The Labute approximate surface area is 154 Å². The van der Waals surface area contributed by atoms with Gasteiger partial charge in [-0.2, -0.15) is 0 Å². The van der Waals surface area contributed by atoms with Gasteiger partial charge in [0.15, 0.2) is 5.65 Å². The summed E-state index contributed by atoms with van der Waals surface area (Å²) in [5, 5.41) is 0. The maximum absolute atomic E-state index is 13.2. The summed E-state index contributed by atoms with van der Waals surface area (Å²) < 4.78 is 7.93. The summed E-state index contributed by atoms with van der Waals surface area (Å²) in [5.74, 6) is 0.616. The molecule has 0 fully saturated rings. The molecule has 4 rings (SSSR count). The number of nitrogens with zero attached hydrogens (tertiary/aromatic N) is 3. The Hall–Kier alpha value is -3.61. The lowest BCUT2D eigenvalue weighted by molar-refractivity contribution is 0.414. The van der Waals surface area contributed by atoms with Gasteiger partial charge >= 0.3 is 5.69 Å². The van der Waals surface area contributed by atoms with E-state index in [0.717, 1.165) is 5.56 Å². The van der Waals surface area contributed by atoms with Crippen LogP contribution < -0.4 is 16.0 Å². The van der Waals surface area contributed by atoms with Gasteiger partial charge in [0.1, 0.15) is 11.3 Å². The van der Waals surface area contributed by atoms with Crippen LogP contribution in [0.4, 0.5) is 0 Å². The third kappa shape index (κ3) is 3.03. The fraction of sp³-hybridized carbons (Fsp3) is 0.150. The summed E-state index contributed by atoms with van der Waals surface area (Å²) in [6.45, 7) is 0.278. The number of fused-ring (bicyclic) bond motifs is 1. The van der Waals surface area contributed by atoms with Crippen molar-refractivity contribution < 1.29 is 4.74 Å². The SMILES string of the molecule is COc1cccc(-n2c(=O)n(CCc3ccccc3)c(=O)c3[nH]cnc32)c1. The first-order valence-corrected chi connectivity index (χ1v) is 8.56. The van der Waals surface area contributed by atoms with Gasteiger partial charge in [0.05, 0.1) is 19.1 Å². The van der Waals surface area contributed by atoms with Gasteiger partial charge in [0, 0.05) is 12.6 Å².